The summed E-state index contributed by atoms with van der Waals surface area (Å²) in [6, 6.07) is 9.67. The van der Waals surface area contributed by atoms with Crippen molar-refractivity contribution >= 4 is 10.9 Å². The minimum Gasteiger partial charge on any atom is -0.428 e. The molecular weight excluding hydrogens is 212 g/mol. The van der Waals surface area contributed by atoms with Gasteiger partial charge in [0.25, 0.3) is 0 Å². The second kappa shape index (κ2) is 4.92. The quantitative estimate of drug-likeness (QED) is 0.643. The number of benzene rings is 1. The summed E-state index contributed by atoms with van der Waals surface area (Å²) in [7, 11) is 0. The van der Waals surface area contributed by atoms with Gasteiger partial charge in [0, 0.05) is 5.39 Å². The van der Waals surface area contributed by atoms with E-state index >= 15 is 0 Å². The summed E-state index contributed by atoms with van der Waals surface area (Å²) >= 11 is 0. The first kappa shape index (κ1) is 11.5. The minimum absolute atomic E-state index is 0.610. The highest BCUT2D eigenvalue weighted by molar-refractivity contribution is 5.87. The fourth-order valence-electron chi connectivity index (χ4n) is 2.17. The summed E-state index contributed by atoms with van der Waals surface area (Å²) in [5, 5.41) is 20.1. The Morgan fingerprint density at radius 3 is 2.76 bits per heavy atom. The maximum Gasteiger partial charge on any atom is 0.102 e. The second-order valence-electron chi connectivity index (χ2n) is 4.22. The van der Waals surface area contributed by atoms with Gasteiger partial charge in [-0.3, -0.25) is 0 Å². The van der Waals surface area contributed by atoms with Gasteiger partial charge in [-0.25, -0.2) is 0 Å². The van der Waals surface area contributed by atoms with Crippen molar-refractivity contribution in [2.75, 3.05) is 0 Å². The zero-order valence-corrected chi connectivity index (χ0v) is 9.98. The number of aromatic nitrogens is 1. The van der Waals surface area contributed by atoms with Crippen LogP contribution in [0.15, 0.2) is 24.3 Å². The van der Waals surface area contributed by atoms with Crippen LogP contribution in [0.4, 0.5) is 0 Å². The lowest BCUT2D eigenvalue weighted by Crippen LogP contribution is -1.99. The Labute approximate surface area is 101 Å². The molecule has 2 rings (SSSR count). The Bertz CT molecular complexity index is 563. The van der Waals surface area contributed by atoms with E-state index in [0.29, 0.717) is 5.56 Å². The van der Waals surface area contributed by atoms with Gasteiger partial charge in [-0.05, 0) is 18.9 Å². The predicted molar refractivity (Wildman–Crippen MR) is 67.1 cm³/mol. The third kappa shape index (κ3) is 1.99. The third-order valence-corrected chi connectivity index (χ3v) is 3.07. The number of fused-ring (bicyclic) bond motifs is 1. The molecule has 2 aromatic rings. The summed E-state index contributed by atoms with van der Waals surface area (Å²) in [6.07, 6.45) is 4.00. The molecular formula is C14H16N2O. The van der Waals surface area contributed by atoms with E-state index in [9.17, 15) is 10.5 Å². The van der Waals surface area contributed by atoms with Gasteiger partial charge in [0.2, 0.25) is 0 Å². The molecule has 0 unspecified atom stereocenters. The Kier molecular flexibility index (Phi) is 3.34. The number of rotatable bonds is 4. The molecule has 0 bridgehead atoms. The molecule has 1 aromatic heterocycles. The van der Waals surface area contributed by atoms with E-state index in [1.54, 1.807) is 0 Å². The van der Waals surface area contributed by atoms with Crippen LogP contribution in [-0.2, 0) is 6.42 Å². The summed E-state index contributed by atoms with van der Waals surface area (Å²) in [5.41, 5.74) is 2.07. The lowest BCUT2D eigenvalue weighted by atomic mass is 10.1. The van der Waals surface area contributed by atoms with Gasteiger partial charge in [0.15, 0.2) is 0 Å². The molecule has 1 heterocycles. The van der Waals surface area contributed by atoms with Crippen molar-refractivity contribution in [1.82, 2.24) is 4.73 Å². The van der Waals surface area contributed by atoms with Crippen LogP contribution < -0.4 is 0 Å². The monoisotopic (exact) mass is 228 g/mol. The molecule has 0 atom stereocenters. The molecule has 0 amide bonds. The molecule has 1 aromatic carbocycles. The van der Waals surface area contributed by atoms with Crippen molar-refractivity contribution in [2.45, 2.75) is 32.6 Å². The lowest BCUT2D eigenvalue weighted by molar-refractivity contribution is 0.190. The number of unbranched alkanes of at least 4 members (excludes halogenated alkanes) is 2. The number of hydrogen-bond donors (Lipinski definition) is 1. The lowest BCUT2D eigenvalue weighted by Gasteiger charge is -2.02. The molecule has 3 nitrogen and oxygen atoms in total. The van der Waals surface area contributed by atoms with Gasteiger partial charge in [-0.1, -0.05) is 38.0 Å². The average molecular weight is 228 g/mol. The first-order chi connectivity index (χ1) is 8.29. The van der Waals surface area contributed by atoms with Crippen LogP contribution in [0, 0.1) is 11.3 Å². The Morgan fingerprint density at radius 1 is 1.29 bits per heavy atom. The molecule has 0 aliphatic carbocycles. The van der Waals surface area contributed by atoms with Gasteiger partial charge in [-0.2, -0.15) is 9.99 Å². The molecule has 1 N–H and O–H groups in total. The summed E-state index contributed by atoms with van der Waals surface area (Å²) in [6.45, 7) is 2.14. The van der Waals surface area contributed by atoms with Crippen molar-refractivity contribution in [3.63, 3.8) is 0 Å². The molecule has 0 fully saturated rings. The highest BCUT2D eigenvalue weighted by Crippen LogP contribution is 2.25. The summed E-state index contributed by atoms with van der Waals surface area (Å²) < 4.78 is 1.17. The minimum atomic E-state index is 0.610. The SMILES string of the molecule is CCCCCc1c(C#N)c2ccccc2n1O. The van der Waals surface area contributed by atoms with Crippen molar-refractivity contribution in [3.8, 4) is 6.07 Å². The topological polar surface area (TPSA) is 49.0 Å². The maximum absolute atomic E-state index is 10.1. The first-order valence-electron chi connectivity index (χ1n) is 6.01. The van der Waals surface area contributed by atoms with Gasteiger partial charge in [0.05, 0.1) is 16.8 Å². The standard InChI is InChI=1S/C14H16N2O/c1-2-3-4-8-14-12(10-15)11-7-5-6-9-13(11)16(14)17/h5-7,9,17H,2-4,8H2,1H3. The van der Waals surface area contributed by atoms with Crippen molar-refractivity contribution in [1.29, 1.82) is 5.26 Å². The first-order valence-corrected chi connectivity index (χ1v) is 6.01. The van der Waals surface area contributed by atoms with Gasteiger partial charge in [0.1, 0.15) is 6.07 Å². The zero-order chi connectivity index (χ0) is 12.3. The molecule has 0 spiro atoms. The molecule has 3 heteroatoms. The third-order valence-electron chi connectivity index (χ3n) is 3.07. The van der Waals surface area contributed by atoms with Crippen LogP contribution in [0.25, 0.3) is 10.9 Å². The molecule has 0 aliphatic rings. The number of hydrogen-bond acceptors (Lipinski definition) is 2. The van der Waals surface area contributed by atoms with Gasteiger partial charge >= 0.3 is 0 Å². The van der Waals surface area contributed by atoms with E-state index < -0.39 is 0 Å². The van der Waals surface area contributed by atoms with Crippen molar-refractivity contribution < 1.29 is 5.21 Å². The fraction of sp³-hybridized carbons (Fsp3) is 0.357. The van der Waals surface area contributed by atoms with E-state index in [0.717, 1.165) is 42.3 Å². The number of para-hydroxylation sites is 1. The van der Waals surface area contributed by atoms with Crippen LogP contribution in [0.5, 0.6) is 0 Å². The van der Waals surface area contributed by atoms with E-state index in [4.69, 9.17) is 0 Å². The zero-order valence-electron chi connectivity index (χ0n) is 9.98. The average Bonchev–Trinajstić information content (AvgIpc) is 2.63. The van der Waals surface area contributed by atoms with E-state index in [2.05, 4.69) is 13.0 Å². The fourth-order valence-corrected chi connectivity index (χ4v) is 2.17. The Hall–Kier alpha value is -1.95. The van der Waals surface area contributed by atoms with Crippen LogP contribution in [0.2, 0.25) is 0 Å². The maximum atomic E-state index is 10.1. The van der Waals surface area contributed by atoms with Crippen LogP contribution in [0.3, 0.4) is 0 Å². The van der Waals surface area contributed by atoms with Gasteiger partial charge < -0.3 is 5.21 Å². The van der Waals surface area contributed by atoms with E-state index in [1.165, 1.54) is 4.73 Å². The molecule has 0 aliphatic heterocycles. The van der Waals surface area contributed by atoms with Gasteiger partial charge in [-0.15, -0.1) is 0 Å². The Balaban J connectivity index is 2.47. The number of nitrogens with zero attached hydrogens (tertiary/aromatic N) is 2. The van der Waals surface area contributed by atoms with Crippen molar-refractivity contribution in [3.05, 3.63) is 35.5 Å². The summed E-state index contributed by atoms with van der Waals surface area (Å²) in [4.78, 5) is 0. The largest absolute Gasteiger partial charge is 0.428 e. The van der Waals surface area contributed by atoms with Crippen LogP contribution >= 0.6 is 0 Å². The smallest absolute Gasteiger partial charge is 0.102 e. The molecule has 0 radical (unpaired) electrons. The second-order valence-corrected chi connectivity index (χ2v) is 4.22. The highest BCUT2D eigenvalue weighted by atomic mass is 16.5. The normalized spacial score (nSPS) is 10.6. The van der Waals surface area contributed by atoms with E-state index in [1.807, 2.05) is 24.3 Å². The van der Waals surface area contributed by atoms with Crippen molar-refractivity contribution in [2.24, 2.45) is 0 Å². The molecule has 0 saturated carbocycles. The predicted octanol–water partition coefficient (Wildman–Crippen LogP) is 3.48. The van der Waals surface area contributed by atoms with E-state index in [-0.39, 0.29) is 0 Å². The molecule has 88 valence electrons. The molecule has 0 saturated heterocycles. The Morgan fingerprint density at radius 2 is 2.06 bits per heavy atom. The summed E-state index contributed by atoms with van der Waals surface area (Å²) in [5.74, 6) is 0. The highest BCUT2D eigenvalue weighted by Gasteiger charge is 2.15. The number of nitriles is 1. The van der Waals surface area contributed by atoms with Crippen LogP contribution in [0.1, 0.15) is 37.4 Å². The molecule has 17 heavy (non-hydrogen) atoms. The van der Waals surface area contributed by atoms with Crippen LogP contribution in [-0.4, -0.2) is 9.94 Å².